The fourth-order valence-electron chi connectivity index (χ4n) is 2.64. The van der Waals surface area contributed by atoms with E-state index < -0.39 is 0 Å². The summed E-state index contributed by atoms with van der Waals surface area (Å²) in [6.07, 6.45) is 6.65. The van der Waals surface area contributed by atoms with Crippen LogP contribution in [0.2, 0.25) is 0 Å². The molecule has 0 aliphatic heterocycles. The van der Waals surface area contributed by atoms with Crippen LogP contribution in [0.4, 0.5) is 0 Å². The third-order valence-electron chi connectivity index (χ3n) is 4.08. The summed E-state index contributed by atoms with van der Waals surface area (Å²) in [6.45, 7) is 2.26. The second-order valence-corrected chi connectivity index (χ2v) is 6.15. The van der Waals surface area contributed by atoms with Gasteiger partial charge in [0.15, 0.2) is 0 Å². The van der Waals surface area contributed by atoms with Gasteiger partial charge in [-0.25, -0.2) is 0 Å². The summed E-state index contributed by atoms with van der Waals surface area (Å²) in [6, 6.07) is -0.0585. The average Bonchev–Trinajstić information content (AvgIpc) is 3.10. The maximum atomic E-state index is 12.1. The zero-order valence-electron chi connectivity index (χ0n) is 10.4. The van der Waals surface area contributed by atoms with Crippen LogP contribution < -0.4 is 11.1 Å². The molecule has 4 heteroatoms. The Morgan fingerprint density at radius 3 is 2.29 bits per heavy atom. The van der Waals surface area contributed by atoms with Crippen LogP contribution in [0.5, 0.6) is 0 Å². The Morgan fingerprint density at radius 2 is 1.82 bits per heavy atom. The number of hydrogen-bond acceptors (Lipinski definition) is 2. The number of amides is 1. The Kier molecular flexibility index (Phi) is 4.02. The minimum absolute atomic E-state index is 0.0585. The lowest BCUT2D eigenvalue weighted by Crippen LogP contribution is -2.47. The molecule has 1 amide bonds. The highest BCUT2D eigenvalue weighted by Crippen LogP contribution is 2.34. The Hall–Kier alpha value is -0.640. The summed E-state index contributed by atoms with van der Waals surface area (Å²) >= 11 is 5.03. The van der Waals surface area contributed by atoms with E-state index in [0.29, 0.717) is 10.9 Å². The Bertz CT molecular complexity index is 307. The van der Waals surface area contributed by atoms with E-state index in [9.17, 15) is 4.79 Å². The largest absolute Gasteiger partial charge is 0.392 e. The van der Waals surface area contributed by atoms with Gasteiger partial charge >= 0.3 is 0 Å². The lowest BCUT2D eigenvalue weighted by Gasteiger charge is -2.27. The van der Waals surface area contributed by atoms with Crippen molar-refractivity contribution in [1.29, 1.82) is 0 Å². The molecular formula is C13H22N2OS. The minimum atomic E-state index is -0.0585. The van der Waals surface area contributed by atoms with Gasteiger partial charge in [-0.1, -0.05) is 19.1 Å². The van der Waals surface area contributed by atoms with E-state index in [1.807, 2.05) is 0 Å². The van der Waals surface area contributed by atoms with Crippen molar-refractivity contribution >= 4 is 23.1 Å². The van der Waals surface area contributed by atoms with Crippen LogP contribution in [0.15, 0.2) is 0 Å². The quantitative estimate of drug-likeness (QED) is 0.754. The highest BCUT2D eigenvalue weighted by atomic mass is 32.1. The Morgan fingerprint density at radius 1 is 1.24 bits per heavy atom. The molecule has 1 atom stereocenters. The van der Waals surface area contributed by atoms with Gasteiger partial charge in [0.25, 0.3) is 0 Å². The smallest absolute Gasteiger partial charge is 0.223 e. The van der Waals surface area contributed by atoms with E-state index in [0.717, 1.165) is 31.6 Å². The van der Waals surface area contributed by atoms with Crippen molar-refractivity contribution in [3.63, 3.8) is 0 Å². The zero-order valence-corrected chi connectivity index (χ0v) is 11.3. The summed E-state index contributed by atoms with van der Waals surface area (Å²) in [7, 11) is 0. The third kappa shape index (κ3) is 3.41. The molecule has 2 fully saturated rings. The van der Waals surface area contributed by atoms with Crippen molar-refractivity contribution in [2.45, 2.75) is 51.5 Å². The predicted molar refractivity (Wildman–Crippen MR) is 72.6 cm³/mol. The summed E-state index contributed by atoms with van der Waals surface area (Å²) < 4.78 is 0. The van der Waals surface area contributed by atoms with Crippen LogP contribution in [-0.2, 0) is 4.79 Å². The summed E-state index contributed by atoms with van der Waals surface area (Å²) in [5.74, 6) is 1.62. The molecule has 2 aliphatic carbocycles. The molecule has 96 valence electrons. The van der Waals surface area contributed by atoms with Gasteiger partial charge in [-0.05, 0) is 50.4 Å². The number of nitrogens with one attached hydrogen (secondary N) is 1. The SMILES string of the molecule is CC1CCC(C(=O)NC(C(N)=S)C2CC2)CC1. The maximum absolute atomic E-state index is 12.1. The van der Waals surface area contributed by atoms with E-state index in [-0.39, 0.29) is 17.9 Å². The van der Waals surface area contributed by atoms with E-state index in [1.165, 1.54) is 12.8 Å². The van der Waals surface area contributed by atoms with E-state index in [4.69, 9.17) is 18.0 Å². The highest BCUT2D eigenvalue weighted by Gasteiger charge is 2.35. The first-order valence-electron chi connectivity index (χ1n) is 6.67. The number of rotatable bonds is 4. The normalized spacial score (nSPS) is 30.6. The highest BCUT2D eigenvalue weighted by molar-refractivity contribution is 7.80. The second-order valence-electron chi connectivity index (χ2n) is 5.68. The standard InChI is InChI=1S/C13H22N2OS/c1-8-2-4-10(5-3-8)13(16)15-11(12(14)17)9-6-7-9/h8-11H,2-7H2,1H3,(H2,14,17)(H,15,16). The van der Waals surface area contributed by atoms with E-state index in [1.54, 1.807) is 0 Å². The molecule has 2 aliphatic rings. The second kappa shape index (κ2) is 5.34. The first-order valence-corrected chi connectivity index (χ1v) is 7.08. The topological polar surface area (TPSA) is 55.1 Å². The van der Waals surface area contributed by atoms with Gasteiger partial charge in [0.1, 0.15) is 0 Å². The van der Waals surface area contributed by atoms with Crippen molar-refractivity contribution in [3.8, 4) is 0 Å². The molecule has 0 heterocycles. The van der Waals surface area contributed by atoms with Crippen LogP contribution >= 0.6 is 12.2 Å². The Labute approximate surface area is 109 Å². The molecule has 0 aromatic carbocycles. The van der Waals surface area contributed by atoms with Gasteiger partial charge in [-0.3, -0.25) is 4.79 Å². The molecule has 0 bridgehead atoms. The van der Waals surface area contributed by atoms with Gasteiger partial charge in [0, 0.05) is 5.92 Å². The third-order valence-corrected chi connectivity index (χ3v) is 4.34. The summed E-state index contributed by atoms with van der Waals surface area (Å²) in [5.41, 5.74) is 5.69. The van der Waals surface area contributed by atoms with Gasteiger partial charge in [0.2, 0.25) is 5.91 Å². The number of hydrogen-bond donors (Lipinski definition) is 2. The van der Waals surface area contributed by atoms with Crippen LogP contribution in [0.1, 0.15) is 45.4 Å². The fraction of sp³-hybridized carbons (Fsp3) is 0.846. The summed E-state index contributed by atoms with van der Waals surface area (Å²) in [4.78, 5) is 12.6. The Balaban J connectivity index is 1.85. The molecular weight excluding hydrogens is 232 g/mol. The zero-order chi connectivity index (χ0) is 12.4. The van der Waals surface area contributed by atoms with Gasteiger partial charge < -0.3 is 11.1 Å². The van der Waals surface area contributed by atoms with Crippen LogP contribution in [0.25, 0.3) is 0 Å². The maximum Gasteiger partial charge on any atom is 0.223 e. The van der Waals surface area contributed by atoms with Crippen molar-refractivity contribution in [2.24, 2.45) is 23.5 Å². The van der Waals surface area contributed by atoms with Crippen LogP contribution in [-0.4, -0.2) is 16.9 Å². The number of carbonyl (C=O) groups excluding carboxylic acids is 1. The minimum Gasteiger partial charge on any atom is -0.392 e. The van der Waals surface area contributed by atoms with Gasteiger partial charge in [0.05, 0.1) is 11.0 Å². The molecule has 3 N–H and O–H groups in total. The van der Waals surface area contributed by atoms with E-state index >= 15 is 0 Å². The van der Waals surface area contributed by atoms with Crippen molar-refractivity contribution < 1.29 is 4.79 Å². The molecule has 0 radical (unpaired) electrons. The van der Waals surface area contributed by atoms with E-state index in [2.05, 4.69) is 12.2 Å². The molecule has 0 spiro atoms. The molecule has 0 saturated heterocycles. The molecule has 2 saturated carbocycles. The summed E-state index contributed by atoms with van der Waals surface area (Å²) in [5, 5.41) is 3.06. The van der Waals surface area contributed by atoms with Crippen molar-refractivity contribution in [1.82, 2.24) is 5.32 Å². The van der Waals surface area contributed by atoms with Crippen molar-refractivity contribution in [2.75, 3.05) is 0 Å². The molecule has 3 nitrogen and oxygen atoms in total. The molecule has 17 heavy (non-hydrogen) atoms. The molecule has 0 aromatic rings. The average molecular weight is 254 g/mol. The van der Waals surface area contributed by atoms with Gasteiger partial charge in [-0.15, -0.1) is 0 Å². The van der Waals surface area contributed by atoms with Crippen LogP contribution in [0.3, 0.4) is 0 Å². The van der Waals surface area contributed by atoms with Gasteiger partial charge in [-0.2, -0.15) is 0 Å². The number of thiocarbonyl (C=S) groups is 1. The lowest BCUT2D eigenvalue weighted by molar-refractivity contribution is -0.126. The molecule has 2 rings (SSSR count). The van der Waals surface area contributed by atoms with Crippen molar-refractivity contribution in [3.05, 3.63) is 0 Å². The van der Waals surface area contributed by atoms with Crippen LogP contribution in [0, 0.1) is 17.8 Å². The number of carbonyl (C=O) groups is 1. The molecule has 0 aromatic heterocycles. The monoisotopic (exact) mass is 254 g/mol. The predicted octanol–water partition coefficient (Wildman–Crippen LogP) is 1.99. The number of nitrogens with two attached hydrogens (primary N) is 1. The first-order chi connectivity index (χ1) is 8.08. The molecule has 1 unspecified atom stereocenters. The first kappa shape index (κ1) is 12.8. The fourth-order valence-corrected chi connectivity index (χ4v) is 2.90. The lowest BCUT2D eigenvalue weighted by atomic mass is 9.82.